The number of halogens is 1. The van der Waals surface area contributed by atoms with Gasteiger partial charge in [0.05, 0.1) is 19.3 Å². The van der Waals surface area contributed by atoms with E-state index in [1.165, 1.54) is 22.6 Å². The van der Waals surface area contributed by atoms with Gasteiger partial charge in [-0.05, 0) is 17.7 Å². The van der Waals surface area contributed by atoms with Crippen LogP contribution in [-0.2, 0) is 29.2 Å². The third-order valence-corrected chi connectivity index (χ3v) is 6.05. The van der Waals surface area contributed by atoms with Crippen LogP contribution < -0.4 is 15.1 Å². The minimum Gasteiger partial charge on any atom is -0.370 e. The van der Waals surface area contributed by atoms with Gasteiger partial charge >= 0.3 is 0 Å². The van der Waals surface area contributed by atoms with Crippen LogP contribution in [0.1, 0.15) is 29.5 Å². The maximum atomic E-state index is 13.1. The molecule has 2 aromatic rings. The van der Waals surface area contributed by atoms with Crippen LogP contribution in [0.15, 0.2) is 48.5 Å². The molecule has 1 saturated carbocycles. The molecule has 0 radical (unpaired) electrons. The first-order valence-electron chi connectivity index (χ1n) is 11.0. The largest absolute Gasteiger partial charge is 0.370 e. The molecule has 0 spiro atoms. The number of quaternary nitrogens is 2. The van der Waals surface area contributed by atoms with Crippen molar-refractivity contribution < 1.29 is 23.7 Å². The summed E-state index contributed by atoms with van der Waals surface area (Å²) >= 11 is 0. The van der Waals surface area contributed by atoms with E-state index in [1.807, 2.05) is 12.1 Å². The van der Waals surface area contributed by atoms with Gasteiger partial charge in [-0.15, -0.1) is 0 Å². The maximum Gasteiger partial charge on any atom is 0.275 e. The number of hydrogen-bond acceptors (Lipinski definition) is 2. The number of nitrogens with one attached hydrogen (secondary N) is 3. The number of benzene rings is 2. The second kappa shape index (κ2) is 10.2. The number of hydrogen-bond donors (Lipinski definition) is 3. The molecule has 30 heavy (non-hydrogen) atoms. The molecule has 160 valence electrons. The average Bonchev–Trinajstić information content (AvgIpc) is 3.61. The van der Waals surface area contributed by atoms with Crippen LogP contribution in [0.3, 0.4) is 0 Å². The predicted molar refractivity (Wildman–Crippen MR) is 112 cm³/mol. The zero-order valence-corrected chi connectivity index (χ0v) is 17.5. The van der Waals surface area contributed by atoms with Gasteiger partial charge in [0.1, 0.15) is 32.0 Å². The highest BCUT2D eigenvalue weighted by Gasteiger charge is 2.34. The molecule has 4 rings (SSSR count). The minimum atomic E-state index is -0.221. The van der Waals surface area contributed by atoms with E-state index in [-0.39, 0.29) is 11.7 Å². The Morgan fingerprint density at radius 2 is 1.63 bits per heavy atom. The van der Waals surface area contributed by atoms with Crippen LogP contribution in [0.2, 0.25) is 0 Å². The SMILES string of the molecule is O=C(C[NH+](Cc1ccc(F)cc1)C1CC1)NCc1ccc(C[NH+]2CCOCC2)cc1. The number of carbonyl (C=O) groups excluding carboxylic acids is 1. The number of rotatable bonds is 9. The first-order valence-corrected chi connectivity index (χ1v) is 11.0. The Morgan fingerprint density at radius 1 is 1.00 bits per heavy atom. The molecule has 1 aliphatic heterocycles. The second-order valence-electron chi connectivity index (χ2n) is 8.54. The van der Waals surface area contributed by atoms with Crippen LogP contribution >= 0.6 is 0 Å². The fourth-order valence-corrected chi connectivity index (χ4v) is 4.08. The van der Waals surface area contributed by atoms with Crippen molar-refractivity contribution in [2.45, 2.75) is 38.5 Å². The van der Waals surface area contributed by atoms with Crippen molar-refractivity contribution in [2.24, 2.45) is 0 Å². The normalized spacial score (nSPS) is 18.2. The lowest BCUT2D eigenvalue weighted by Gasteiger charge is -2.23. The molecule has 2 aliphatic rings. The van der Waals surface area contributed by atoms with Crippen molar-refractivity contribution >= 4 is 5.91 Å². The van der Waals surface area contributed by atoms with Gasteiger partial charge in [-0.2, -0.15) is 0 Å². The van der Waals surface area contributed by atoms with E-state index in [4.69, 9.17) is 4.74 Å². The molecule has 5 nitrogen and oxygen atoms in total. The van der Waals surface area contributed by atoms with Crippen molar-refractivity contribution in [3.8, 4) is 0 Å². The quantitative estimate of drug-likeness (QED) is 0.546. The first-order chi connectivity index (χ1) is 14.7. The Hall–Kier alpha value is -2.28. The van der Waals surface area contributed by atoms with Crippen LogP contribution in [-0.4, -0.2) is 44.8 Å². The van der Waals surface area contributed by atoms with Crippen LogP contribution in [0, 0.1) is 5.82 Å². The third kappa shape index (κ3) is 6.36. The molecule has 2 fully saturated rings. The van der Waals surface area contributed by atoms with E-state index in [2.05, 4.69) is 29.6 Å². The van der Waals surface area contributed by atoms with Crippen LogP contribution in [0.5, 0.6) is 0 Å². The van der Waals surface area contributed by atoms with E-state index >= 15 is 0 Å². The Kier molecular flexibility index (Phi) is 7.10. The highest BCUT2D eigenvalue weighted by molar-refractivity contribution is 5.76. The number of amides is 1. The van der Waals surface area contributed by atoms with Crippen LogP contribution in [0.4, 0.5) is 4.39 Å². The fraction of sp³-hybridized carbons (Fsp3) is 0.458. The van der Waals surface area contributed by atoms with E-state index in [1.54, 1.807) is 4.90 Å². The molecule has 2 aromatic carbocycles. The van der Waals surface area contributed by atoms with Crippen molar-refractivity contribution in [3.05, 3.63) is 71.0 Å². The Balaban J connectivity index is 1.23. The molecule has 1 heterocycles. The van der Waals surface area contributed by atoms with E-state index < -0.39 is 0 Å². The Morgan fingerprint density at radius 3 is 2.30 bits per heavy atom. The highest BCUT2D eigenvalue weighted by atomic mass is 19.1. The molecule has 3 N–H and O–H groups in total. The third-order valence-electron chi connectivity index (χ3n) is 6.05. The number of ether oxygens (including phenoxy) is 1. The summed E-state index contributed by atoms with van der Waals surface area (Å²) in [6, 6.07) is 15.7. The van der Waals surface area contributed by atoms with Gasteiger partial charge in [0.15, 0.2) is 6.54 Å². The molecular formula is C24H32FN3O2+2. The number of morpholine rings is 1. The summed E-state index contributed by atoms with van der Waals surface area (Å²) in [5, 5.41) is 3.07. The summed E-state index contributed by atoms with van der Waals surface area (Å²) in [5.74, 6) is -0.150. The van der Waals surface area contributed by atoms with Gasteiger partial charge in [0.2, 0.25) is 0 Å². The van der Waals surface area contributed by atoms with Gasteiger partial charge in [-0.1, -0.05) is 36.4 Å². The van der Waals surface area contributed by atoms with Gasteiger partial charge in [-0.25, -0.2) is 4.39 Å². The van der Waals surface area contributed by atoms with E-state index in [0.717, 1.165) is 63.4 Å². The topological polar surface area (TPSA) is 47.2 Å². The lowest BCUT2D eigenvalue weighted by atomic mass is 10.1. The van der Waals surface area contributed by atoms with Crippen LogP contribution in [0.25, 0.3) is 0 Å². The van der Waals surface area contributed by atoms with Crippen molar-refractivity contribution in [1.29, 1.82) is 0 Å². The lowest BCUT2D eigenvalue weighted by molar-refractivity contribution is -0.921. The zero-order chi connectivity index (χ0) is 20.8. The Labute approximate surface area is 177 Å². The van der Waals surface area contributed by atoms with Crippen molar-refractivity contribution in [3.63, 3.8) is 0 Å². The molecule has 1 aliphatic carbocycles. The molecule has 1 saturated heterocycles. The highest BCUT2D eigenvalue weighted by Crippen LogP contribution is 2.16. The summed E-state index contributed by atoms with van der Waals surface area (Å²) in [6.07, 6.45) is 2.33. The van der Waals surface area contributed by atoms with Gasteiger partial charge < -0.3 is 19.9 Å². The fourth-order valence-electron chi connectivity index (χ4n) is 4.08. The summed E-state index contributed by atoms with van der Waals surface area (Å²) in [6.45, 7) is 6.63. The summed E-state index contributed by atoms with van der Waals surface area (Å²) in [4.78, 5) is 15.4. The second-order valence-corrected chi connectivity index (χ2v) is 8.54. The molecule has 0 bridgehead atoms. The Bertz CT molecular complexity index is 815. The lowest BCUT2D eigenvalue weighted by Crippen LogP contribution is -3.13. The zero-order valence-electron chi connectivity index (χ0n) is 17.5. The predicted octanol–water partition coefficient (Wildman–Crippen LogP) is 0.105. The van der Waals surface area contributed by atoms with Crippen molar-refractivity contribution in [1.82, 2.24) is 5.32 Å². The van der Waals surface area contributed by atoms with E-state index in [0.29, 0.717) is 19.1 Å². The molecule has 6 heteroatoms. The summed E-state index contributed by atoms with van der Waals surface area (Å²) in [7, 11) is 0. The van der Waals surface area contributed by atoms with Gasteiger partial charge in [0.25, 0.3) is 5.91 Å². The standard InChI is InChI=1S/C24H30FN3O2/c25-22-7-5-21(6-8-22)17-28(23-9-10-23)18-24(29)26-15-19-1-3-20(4-2-19)16-27-11-13-30-14-12-27/h1-8,23H,9-18H2,(H,26,29)/p+2. The molecule has 1 atom stereocenters. The monoisotopic (exact) mass is 413 g/mol. The maximum absolute atomic E-state index is 13.1. The van der Waals surface area contributed by atoms with Gasteiger partial charge in [-0.3, -0.25) is 4.79 Å². The minimum absolute atomic E-state index is 0.0702. The molecule has 1 amide bonds. The average molecular weight is 414 g/mol. The number of carbonyl (C=O) groups is 1. The molecule has 0 aromatic heterocycles. The van der Waals surface area contributed by atoms with E-state index in [9.17, 15) is 9.18 Å². The van der Waals surface area contributed by atoms with Crippen molar-refractivity contribution in [2.75, 3.05) is 32.8 Å². The molecular weight excluding hydrogens is 381 g/mol. The summed E-state index contributed by atoms with van der Waals surface area (Å²) < 4.78 is 18.5. The van der Waals surface area contributed by atoms with Gasteiger partial charge in [0, 0.05) is 30.5 Å². The smallest absolute Gasteiger partial charge is 0.275 e. The molecule has 1 unspecified atom stereocenters. The summed E-state index contributed by atoms with van der Waals surface area (Å²) in [5.41, 5.74) is 3.52. The first kappa shape index (κ1) is 21.0.